The van der Waals surface area contributed by atoms with Gasteiger partial charge in [0, 0.05) is 45.8 Å². The molecule has 2 fully saturated rings. The van der Waals surface area contributed by atoms with Gasteiger partial charge in [0.2, 0.25) is 11.8 Å². The van der Waals surface area contributed by atoms with Crippen LogP contribution in [0.2, 0.25) is 0 Å². The van der Waals surface area contributed by atoms with Gasteiger partial charge in [-0.25, -0.2) is 0 Å². The van der Waals surface area contributed by atoms with Crippen LogP contribution < -0.4 is 5.32 Å². The Balaban J connectivity index is 1.54. The highest BCUT2D eigenvalue weighted by Crippen LogP contribution is 2.15. The van der Waals surface area contributed by atoms with Crippen molar-refractivity contribution in [2.45, 2.75) is 26.3 Å². The van der Waals surface area contributed by atoms with Crippen LogP contribution in [-0.4, -0.2) is 84.3 Å². The molecule has 2 aliphatic heterocycles. The van der Waals surface area contributed by atoms with E-state index >= 15 is 0 Å². The second-order valence-electron chi connectivity index (χ2n) is 7.55. The average molecular weight is 376 g/mol. The van der Waals surface area contributed by atoms with Crippen molar-refractivity contribution in [3.63, 3.8) is 0 Å². The predicted octanol–water partition coefficient (Wildman–Crippen LogP) is 0.411. The number of hydrogen-bond donors (Lipinski definition) is 1. The molecule has 8 nitrogen and oxygen atoms in total. The monoisotopic (exact) mass is 376 g/mol. The summed E-state index contributed by atoms with van der Waals surface area (Å²) in [6, 6.07) is 2.92. The molecule has 1 N–H and O–H groups in total. The van der Waals surface area contributed by atoms with Gasteiger partial charge in [-0.1, -0.05) is 13.8 Å². The Morgan fingerprint density at radius 2 is 1.89 bits per heavy atom. The Morgan fingerprint density at radius 1 is 1.19 bits per heavy atom. The number of nitrogens with one attached hydrogen (secondary N) is 1. The van der Waals surface area contributed by atoms with Crippen LogP contribution >= 0.6 is 0 Å². The first-order valence-corrected chi connectivity index (χ1v) is 9.58. The molecule has 0 bridgehead atoms. The third-order valence-electron chi connectivity index (χ3n) is 5.06. The standard InChI is InChI=1S/C19H28N4O4/c1-14(2)13-23-6-5-20-18(25)15(23)12-17(24)21-7-9-22(10-8-21)19(26)16-4-3-11-27-16/h3-4,11,14-15H,5-10,12-13H2,1-2H3,(H,20,25). The number of hydrogen-bond acceptors (Lipinski definition) is 5. The summed E-state index contributed by atoms with van der Waals surface area (Å²) in [6.07, 6.45) is 1.66. The van der Waals surface area contributed by atoms with Gasteiger partial charge in [-0.15, -0.1) is 0 Å². The second kappa shape index (κ2) is 8.56. The predicted molar refractivity (Wildman–Crippen MR) is 99.0 cm³/mol. The van der Waals surface area contributed by atoms with Gasteiger partial charge in [0.15, 0.2) is 5.76 Å². The van der Waals surface area contributed by atoms with Crippen molar-refractivity contribution in [1.82, 2.24) is 20.0 Å². The number of furan rings is 1. The van der Waals surface area contributed by atoms with Gasteiger partial charge in [0.25, 0.3) is 5.91 Å². The van der Waals surface area contributed by atoms with Crippen molar-refractivity contribution in [3.8, 4) is 0 Å². The maximum Gasteiger partial charge on any atom is 0.289 e. The number of nitrogens with zero attached hydrogens (tertiary/aromatic N) is 3. The normalized spacial score (nSPS) is 21.4. The largest absolute Gasteiger partial charge is 0.459 e. The highest BCUT2D eigenvalue weighted by Gasteiger charge is 2.34. The molecule has 148 valence electrons. The minimum atomic E-state index is -0.406. The van der Waals surface area contributed by atoms with E-state index < -0.39 is 6.04 Å². The zero-order chi connectivity index (χ0) is 19.4. The number of carbonyl (C=O) groups is 3. The SMILES string of the molecule is CC(C)CN1CCNC(=O)C1CC(=O)N1CCN(C(=O)c2ccco2)CC1. The molecule has 0 saturated carbocycles. The molecule has 1 unspecified atom stereocenters. The average Bonchev–Trinajstić information content (AvgIpc) is 3.18. The molecular formula is C19H28N4O4. The van der Waals surface area contributed by atoms with E-state index in [1.54, 1.807) is 21.9 Å². The topological polar surface area (TPSA) is 86.1 Å². The third kappa shape index (κ3) is 4.68. The van der Waals surface area contributed by atoms with Crippen LogP contribution in [0.25, 0.3) is 0 Å². The summed E-state index contributed by atoms with van der Waals surface area (Å²) in [5, 5.41) is 2.87. The molecule has 3 amide bonds. The maximum absolute atomic E-state index is 12.7. The van der Waals surface area contributed by atoms with E-state index in [-0.39, 0.29) is 24.1 Å². The van der Waals surface area contributed by atoms with E-state index in [1.807, 2.05) is 0 Å². The first-order valence-electron chi connectivity index (χ1n) is 9.58. The molecule has 1 aromatic heterocycles. The minimum absolute atomic E-state index is 0.0316. The van der Waals surface area contributed by atoms with Crippen molar-refractivity contribution >= 4 is 17.7 Å². The summed E-state index contributed by atoms with van der Waals surface area (Å²) in [6.45, 7) is 8.32. The number of piperazine rings is 2. The Bertz CT molecular complexity index is 665. The zero-order valence-electron chi connectivity index (χ0n) is 16.0. The molecule has 0 radical (unpaired) electrons. The van der Waals surface area contributed by atoms with E-state index in [1.165, 1.54) is 6.26 Å². The number of carbonyl (C=O) groups excluding carboxylic acids is 3. The lowest BCUT2D eigenvalue weighted by atomic mass is 10.0. The zero-order valence-corrected chi connectivity index (χ0v) is 16.0. The highest BCUT2D eigenvalue weighted by atomic mass is 16.3. The van der Waals surface area contributed by atoms with E-state index in [9.17, 15) is 14.4 Å². The summed E-state index contributed by atoms with van der Waals surface area (Å²) in [5.74, 6) is 0.502. The Morgan fingerprint density at radius 3 is 2.52 bits per heavy atom. The van der Waals surface area contributed by atoms with Gasteiger partial charge in [-0.3, -0.25) is 19.3 Å². The lowest BCUT2D eigenvalue weighted by Crippen LogP contribution is -2.58. The summed E-state index contributed by atoms with van der Waals surface area (Å²) in [5.41, 5.74) is 0. The van der Waals surface area contributed by atoms with Gasteiger partial charge < -0.3 is 19.5 Å². The molecule has 3 heterocycles. The molecule has 8 heteroatoms. The van der Waals surface area contributed by atoms with Crippen LogP contribution in [0.3, 0.4) is 0 Å². The van der Waals surface area contributed by atoms with Crippen molar-refractivity contribution in [3.05, 3.63) is 24.2 Å². The fourth-order valence-corrected chi connectivity index (χ4v) is 3.68. The van der Waals surface area contributed by atoms with Crippen molar-refractivity contribution < 1.29 is 18.8 Å². The van der Waals surface area contributed by atoms with Crippen molar-refractivity contribution in [2.75, 3.05) is 45.8 Å². The summed E-state index contributed by atoms with van der Waals surface area (Å²) in [4.78, 5) is 42.9. The Kier molecular flexibility index (Phi) is 6.15. The summed E-state index contributed by atoms with van der Waals surface area (Å²) < 4.78 is 5.16. The molecule has 1 aromatic rings. The molecular weight excluding hydrogens is 348 g/mol. The maximum atomic E-state index is 12.7. The quantitative estimate of drug-likeness (QED) is 0.805. The fourth-order valence-electron chi connectivity index (χ4n) is 3.68. The molecule has 2 aliphatic rings. The smallest absolute Gasteiger partial charge is 0.289 e. The third-order valence-corrected chi connectivity index (χ3v) is 5.06. The van der Waals surface area contributed by atoms with Gasteiger partial charge in [0.1, 0.15) is 0 Å². The molecule has 1 atom stereocenters. The van der Waals surface area contributed by atoms with Gasteiger partial charge in [-0.05, 0) is 18.1 Å². The molecule has 0 spiro atoms. The van der Waals surface area contributed by atoms with Crippen LogP contribution in [-0.2, 0) is 9.59 Å². The van der Waals surface area contributed by atoms with Gasteiger partial charge in [-0.2, -0.15) is 0 Å². The van der Waals surface area contributed by atoms with E-state index in [2.05, 4.69) is 24.1 Å². The molecule has 2 saturated heterocycles. The lowest BCUT2D eigenvalue weighted by molar-refractivity contribution is -0.140. The lowest BCUT2D eigenvalue weighted by Gasteiger charge is -2.38. The van der Waals surface area contributed by atoms with Gasteiger partial charge in [0.05, 0.1) is 18.7 Å². The highest BCUT2D eigenvalue weighted by molar-refractivity contribution is 5.92. The summed E-state index contributed by atoms with van der Waals surface area (Å²) in [7, 11) is 0. The van der Waals surface area contributed by atoms with Crippen LogP contribution in [0.5, 0.6) is 0 Å². The molecule has 3 rings (SSSR count). The van der Waals surface area contributed by atoms with Crippen LogP contribution in [0.4, 0.5) is 0 Å². The molecule has 27 heavy (non-hydrogen) atoms. The fraction of sp³-hybridized carbons (Fsp3) is 0.632. The Labute approximate surface area is 159 Å². The van der Waals surface area contributed by atoms with Gasteiger partial charge >= 0.3 is 0 Å². The first-order chi connectivity index (χ1) is 13.0. The van der Waals surface area contributed by atoms with Crippen molar-refractivity contribution in [1.29, 1.82) is 0 Å². The summed E-state index contributed by atoms with van der Waals surface area (Å²) >= 11 is 0. The van der Waals surface area contributed by atoms with Crippen LogP contribution in [0.15, 0.2) is 22.8 Å². The molecule has 0 aromatic carbocycles. The van der Waals surface area contributed by atoms with Crippen LogP contribution in [0, 0.1) is 5.92 Å². The Hall–Kier alpha value is -2.35. The van der Waals surface area contributed by atoms with E-state index in [0.29, 0.717) is 44.4 Å². The first kappa shape index (κ1) is 19.4. The van der Waals surface area contributed by atoms with E-state index in [0.717, 1.165) is 13.1 Å². The second-order valence-corrected chi connectivity index (χ2v) is 7.55. The number of amides is 3. The van der Waals surface area contributed by atoms with Crippen molar-refractivity contribution in [2.24, 2.45) is 5.92 Å². The molecule has 0 aliphatic carbocycles. The number of rotatable bonds is 5. The van der Waals surface area contributed by atoms with Crippen LogP contribution in [0.1, 0.15) is 30.8 Å². The minimum Gasteiger partial charge on any atom is -0.459 e. The van der Waals surface area contributed by atoms with E-state index in [4.69, 9.17) is 4.42 Å².